The first-order valence-electron chi connectivity index (χ1n) is 7.78. The van der Waals surface area contributed by atoms with Crippen LogP contribution in [0.5, 0.6) is 0 Å². The number of amides is 1. The highest BCUT2D eigenvalue weighted by atomic mass is 16.5. The molecule has 1 aromatic carbocycles. The van der Waals surface area contributed by atoms with Crippen LogP contribution < -0.4 is 10.6 Å². The summed E-state index contributed by atoms with van der Waals surface area (Å²) in [5.41, 5.74) is 2.44. The SMILES string of the molecule is CC1(C)CC(NC(=O)[C@@H]2Cc3ccccc3CN2)CCO1. The van der Waals surface area contributed by atoms with Gasteiger partial charge in [-0.1, -0.05) is 24.3 Å². The van der Waals surface area contributed by atoms with Crippen LogP contribution in [0.2, 0.25) is 0 Å². The van der Waals surface area contributed by atoms with Gasteiger partial charge in [-0.2, -0.15) is 0 Å². The second-order valence-corrected chi connectivity index (χ2v) is 6.71. The highest BCUT2D eigenvalue weighted by Gasteiger charge is 2.32. The van der Waals surface area contributed by atoms with E-state index in [0.29, 0.717) is 0 Å². The van der Waals surface area contributed by atoms with Crippen LogP contribution in [0.15, 0.2) is 24.3 Å². The van der Waals surface area contributed by atoms with Crippen LogP contribution in [0.4, 0.5) is 0 Å². The van der Waals surface area contributed by atoms with E-state index in [-0.39, 0.29) is 23.6 Å². The highest BCUT2D eigenvalue weighted by Crippen LogP contribution is 2.24. The lowest BCUT2D eigenvalue weighted by atomic mass is 9.92. The van der Waals surface area contributed by atoms with Crippen LogP contribution in [0.25, 0.3) is 0 Å². The Bertz CT molecular complexity index is 527. The smallest absolute Gasteiger partial charge is 0.237 e. The molecule has 0 spiro atoms. The molecule has 2 atom stereocenters. The topological polar surface area (TPSA) is 50.4 Å². The Labute approximate surface area is 126 Å². The lowest BCUT2D eigenvalue weighted by Gasteiger charge is -2.36. The Morgan fingerprint density at radius 3 is 2.86 bits per heavy atom. The van der Waals surface area contributed by atoms with Gasteiger partial charge in [0.25, 0.3) is 0 Å². The van der Waals surface area contributed by atoms with Crippen molar-refractivity contribution in [1.29, 1.82) is 0 Å². The zero-order valence-corrected chi connectivity index (χ0v) is 12.8. The van der Waals surface area contributed by atoms with Crippen LogP contribution in [-0.2, 0) is 22.5 Å². The summed E-state index contributed by atoms with van der Waals surface area (Å²) in [7, 11) is 0. The van der Waals surface area contributed by atoms with Gasteiger partial charge in [0, 0.05) is 19.2 Å². The van der Waals surface area contributed by atoms with Crippen molar-refractivity contribution in [1.82, 2.24) is 10.6 Å². The first kappa shape index (κ1) is 14.5. The Kier molecular flexibility index (Phi) is 4.00. The second kappa shape index (κ2) is 5.78. The van der Waals surface area contributed by atoms with E-state index < -0.39 is 0 Å². The van der Waals surface area contributed by atoms with E-state index in [0.717, 1.165) is 32.4 Å². The van der Waals surface area contributed by atoms with Crippen molar-refractivity contribution in [3.63, 3.8) is 0 Å². The molecule has 0 bridgehead atoms. The van der Waals surface area contributed by atoms with Crippen molar-refractivity contribution < 1.29 is 9.53 Å². The lowest BCUT2D eigenvalue weighted by Crippen LogP contribution is -2.53. The molecule has 1 fully saturated rings. The van der Waals surface area contributed by atoms with Crippen molar-refractivity contribution in [3.05, 3.63) is 35.4 Å². The van der Waals surface area contributed by atoms with E-state index in [4.69, 9.17) is 4.74 Å². The van der Waals surface area contributed by atoms with Crippen molar-refractivity contribution in [3.8, 4) is 0 Å². The van der Waals surface area contributed by atoms with Crippen LogP contribution in [0, 0.1) is 0 Å². The normalized spacial score (nSPS) is 27.7. The molecule has 2 N–H and O–H groups in total. The molecule has 21 heavy (non-hydrogen) atoms. The molecule has 0 aliphatic carbocycles. The average Bonchev–Trinajstić information content (AvgIpc) is 2.45. The van der Waals surface area contributed by atoms with Crippen LogP contribution in [0.1, 0.15) is 37.8 Å². The zero-order valence-electron chi connectivity index (χ0n) is 12.8. The Hall–Kier alpha value is -1.39. The van der Waals surface area contributed by atoms with Gasteiger partial charge in [0.2, 0.25) is 5.91 Å². The minimum Gasteiger partial charge on any atom is -0.375 e. The Morgan fingerprint density at radius 1 is 1.33 bits per heavy atom. The summed E-state index contributed by atoms with van der Waals surface area (Å²) >= 11 is 0. The van der Waals surface area contributed by atoms with Crippen molar-refractivity contribution in [2.24, 2.45) is 0 Å². The molecule has 114 valence electrons. The molecule has 1 saturated heterocycles. The maximum absolute atomic E-state index is 12.5. The van der Waals surface area contributed by atoms with E-state index in [1.165, 1.54) is 11.1 Å². The van der Waals surface area contributed by atoms with Crippen molar-refractivity contribution in [2.45, 2.75) is 57.3 Å². The molecular formula is C17H24N2O2. The van der Waals surface area contributed by atoms with Gasteiger partial charge in [0.15, 0.2) is 0 Å². The summed E-state index contributed by atoms with van der Waals surface area (Å²) in [6.07, 6.45) is 2.55. The lowest BCUT2D eigenvalue weighted by molar-refractivity contribution is -0.126. The molecule has 0 radical (unpaired) electrons. The number of carbonyl (C=O) groups excluding carboxylic acids is 1. The average molecular weight is 288 g/mol. The van der Waals surface area contributed by atoms with Gasteiger partial charge in [-0.05, 0) is 44.2 Å². The van der Waals surface area contributed by atoms with Gasteiger partial charge in [-0.25, -0.2) is 0 Å². The molecular weight excluding hydrogens is 264 g/mol. The number of carbonyl (C=O) groups is 1. The van der Waals surface area contributed by atoms with Crippen molar-refractivity contribution >= 4 is 5.91 Å². The number of hydrogen-bond donors (Lipinski definition) is 2. The molecule has 1 amide bonds. The maximum Gasteiger partial charge on any atom is 0.237 e. The fourth-order valence-corrected chi connectivity index (χ4v) is 3.30. The molecule has 1 unspecified atom stereocenters. The molecule has 0 aromatic heterocycles. The van der Waals surface area contributed by atoms with Gasteiger partial charge < -0.3 is 15.4 Å². The number of fused-ring (bicyclic) bond motifs is 1. The summed E-state index contributed by atoms with van der Waals surface area (Å²) < 4.78 is 5.70. The highest BCUT2D eigenvalue weighted by molar-refractivity contribution is 5.82. The van der Waals surface area contributed by atoms with Crippen LogP contribution >= 0.6 is 0 Å². The summed E-state index contributed by atoms with van der Waals surface area (Å²) in [4.78, 5) is 12.5. The third-order valence-electron chi connectivity index (χ3n) is 4.44. The first-order valence-corrected chi connectivity index (χ1v) is 7.78. The minimum atomic E-state index is -0.136. The zero-order chi connectivity index (χ0) is 14.9. The molecule has 4 heteroatoms. The Balaban J connectivity index is 1.59. The molecule has 2 aliphatic rings. The predicted molar refractivity (Wildman–Crippen MR) is 82.0 cm³/mol. The number of nitrogens with one attached hydrogen (secondary N) is 2. The second-order valence-electron chi connectivity index (χ2n) is 6.71. The summed E-state index contributed by atoms with van der Waals surface area (Å²) in [5, 5.41) is 6.54. The quantitative estimate of drug-likeness (QED) is 0.872. The number of ether oxygens (including phenoxy) is 1. The fourth-order valence-electron chi connectivity index (χ4n) is 3.30. The van der Waals surface area contributed by atoms with Gasteiger partial charge in [-0.3, -0.25) is 4.79 Å². The van der Waals surface area contributed by atoms with Crippen LogP contribution in [-0.4, -0.2) is 30.2 Å². The third kappa shape index (κ3) is 3.44. The molecule has 2 heterocycles. The van der Waals surface area contributed by atoms with E-state index in [1.54, 1.807) is 0 Å². The van der Waals surface area contributed by atoms with Gasteiger partial charge in [0.05, 0.1) is 11.6 Å². The molecule has 0 saturated carbocycles. The van der Waals surface area contributed by atoms with Gasteiger partial charge in [-0.15, -0.1) is 0 Å². The first-order chi connectivity index (χ1) is 10.0. The monoisotopic (exact) mass is 288 g/mol. The molecule has 1 aromatic rings. The Morgan fingerprint density at radius 2 is 2.10 bits per heavy atom. The van der Waals surface area contributed by atoms with Crippen LogP contribution in [0.3, 0.4) is 0 Å². The fraction of sp³-hybridized carbons (Fsp3) is 0.588. The standard InChI is InChI=1S/C17H24N2O2/c1-17(2)10-14(7-8-21-17)19-16(20)15-9-12-5-3-4-6-13(12)11-18-15/h3-6,14-15,18H,7-11H2,1-2H3,(H,19,20)/t14?,15-/m0/s1. The largest absolute Gasteiger partial charge is 0.375 e. The molecule has 2 aliphatic heterocycles. The van der Waals surface area contributed by atoms with E-state index in [2.05, 4.69) is 36.6 Å². The predicted octanol–water partition coefficient (Wildman–Crippen LogP) is 1.77. The number of benzene rings is 1. The molecule has 4 nitrogen and oxygen atoms in total. The van der Waals surface area contributed by atoms with Gasteiger partial charge >= 0.3 is 0 Å². The van der Waals surface area contributed by atoms with Crippen molar-refractivity contribution in [2.75, 3.05) is 6.61 Å². The maximum atomic E-state index is 12.5. The van der Waals surface area contributed by atoms with E-state index in [1.807, 2.05) is 12.1 Å². The number of rotatable bonds is 2. The molecule has 3 rings (SSSR count). The minimum absolute atomic E-state index is 0.118. The third-order valence-corrected chi connectivity index (χ3v) is 4.44. The van der Waals surface area contributed by atoms with E-state index in [9.17, 15) is 4.79 Å². The number of hydrogen-bond acceptors (Lipinski definition) is 3. The summed E-state index contributed by atoms with van der Waals surface area (Å²) in [6.45, 7) is 5.66. The summed E-state index contributed by atoms with van der Waals surface area (Å²) in [5.74, 6) is 0.118. The summed E-state index contributed by atoms with van der Waals surface area (Å²) in [6, 6.07) is 8.43. The van der Waals surface area contributed by atoms with Gasteiger partial charge in [0.1, 0.15) is 0 Å². The van der Waals surface area contributed by atoms with E-state index >= 15 is 0 Å².